The highest BCUT2D eigenvalue weighted by molar-refractivity contribution is 6.30. The normalized spacial score (nSPS) is 17.9. The quantitative estimate of drug-likeness (QED) is 0.477. The SMILES string of the molecule is CC(C)c1cnc(-c2cc(Cl)ccc2F)nc1Nc1ccncc1C(=O)N[C@@H]1CCC[C@H]1O. The van der Waals surface area contributed by atoms with Crippen molar-refractivity contribution in [1.29, 1.82) is 0 Å². The zero-order chi connectivity index (χ0) is 23.5. The molecule has 0 bridgehead atoms. The molecule has 0 radical (unpaired) electrons. The third kappa shape index (κ3) is 5.12. The van der Waals surface area contributed by atoms with E-state index in [1.54, 1.807) is 18.5 Å². The van der Waals surface area contributed by atoms with Crippen LogP contribution in [0.2, 0.25) is 5.02 Å². The van der Waals surface area contributed by atoms with Gasteiger partial charge in [0.2, 0.25) is 0 Å². The number of pyridine rings is 1. The summed E-state index contributed by atoms with van der Waals surface area (Å²) in [6, 6.07) is 5.60. The average molecular weight is 470 g/mol. The van der Waals surface area contributed by atoms with Crippen LogP contribution in [0.25, 0.3) is 11.4 Å². The van der Waals surface area contributed by atoms with Crippen LogP contribution < -0.4 is 10.6 Å². The van der Waals surface area contributed by atoms with Crippen LogP contribution in [0.3, 0.4) is 0 Å². The fourth-order valence-electron chi connectivity index (χ4n) is 3.88. The number of hydrogen-bond donors (Lipinski definition) is 3. The highest BCUT2D eigenvalue weighted by Crippen LogP contribution is 2.30. The van der Waals surface area contributed by atoms with Crippen molar-refractivity contribution in [2.75, 3.05) is 5.32 Å². The van der Waals surface area contributed by atoms with Gasteiger partial charge in [-0.2, -0.15) is 0 Å². The van der Waals surface area contributed by atoms with Crippen LogP contribution in [0.15, 0.2) is 42.9 Å². The molecule has 1 amide bonds. The highest BCUT2D eigenvalue weighted by Gasteiger charge is 2.28. The van der Waals surface area contributed by atoms with Gasteiger partial charge in [-0.15, -0.1) is 0 Å². The number of nitrogens with zero attached hydrogens (tertiary/aromatic N) is 3. The molecule has 1 aliphatic rings. The summed E-state index contributed by atoms with van der Waals surface area (Å²) in [5.41, 5.74) is 1.80. The number of hydrogen-bond acceptors (Lipinski definition) is 6. The topological polar surface area (TPSA) is 100 Å². The second-order valence-electron chi connectivity index (χ2n) is 8.40. The molecule has 172 valence electrons. The van der Waals surface area contributed by atoms with Gasteiger partial charge in [-0.05, 0) is 49.4 Å². The molecule has 7 nitrogen and oxygen atoms in total. The first kappa shape index (κ1) is 23.1. The number of nitrogens with one attached hydrogen (secondary N) is 2. The van der Waals surface area contributed by atoms with Crippen molar-refractivity contribution in [2.24, 2.45) is 0 Å². The Morgan fingerprint density at radius 3 is 2.79 bits per heavy atom. The van der Waals surface area contributed by atoms with E-state index >= 15 is 0 Å². The molecular formula is C24H25ClFN5O2. The van der Waals surface area contributed by atoms with E-state index in [0.29, 0.717) is 28.5 Å². The minimum atomic E-state index is -0.549. The Balaban J connectivity index is 1.68. The molecule has 1 saturated carbocycles. The minimum absolute atomic E-state index is 0.0681. The molecule has 33 heavy (non-hydrogen) atoms. The van der Waals surface area contributed by atoms with Crippen molar-refractivity contribution in [3.63, 3.8) is 0 Å². The molecule has 2 aromatic heterocycles. The lowest BCUT2D eigenvalue weighted by Crippen LogP contribution is -2.40. The summed E-state index contributed by atoms with van der Waals surface area (Å²) in [5.74, 6) is -0.121. The fourth-order valence-corrected chi connectivity index (χ4v) is 4.05. The van der Waals surface area contributed by atoms with Gasteiger partial charge in [0.25, 0.3) is 5.91 Å². The van der Waals surface area contributed by atoms with Gasteiger partial charge in [0, 0.05) is 29.2 Å². The standard InChI is InChI=1S/C24H25ClFN5O2/c1-13(2)16-12-28-22(15-10-14(25)6-7-18(15)26)31-23(16)29-19-8-9-27-11-17(19)24(33)30-20-4-3-5-21(20)32/h6-13,20-21,32H,3-5H2,1-2H3,(H,30,33)(H,27,28,29,31)/t20-,21-/m1/s1. The lowest BCUT2D eigenvalue weighted by molar-refractivity contribution is 0.0873. The van der Waals surface area contributed by atoms with E-state index < -0.39 is 11.9 Å². The van der Waals surface area contributed by atoms with Crippen LogP contribution in [0.1, 0.15) is 54.9 Å². The van der Waals surface area contributed by atoms with Crippen LogP contribution in [0.4, 0.5) is 15.9 Å². The molecule has 1 fully saturated rings. The molecule has 2 atom stereocenters. The van der Waals surface area contributed by atoms with Gasteiger partial charge in [0.05, 0.1) is 29.0 Å². The van der Waals surface area contributed by atoms with E-state index in [9.17, 15) is 14.3 Å². The largest absolute Gasteiger partial charge is 0.391 e. The first-order valence-electron chi connectivity index (χ1n) is 10.9. The molecule has 3 aromatic rings. The van der Waals surface area contributed by atoms with Crippen molar-refractivity contribution in [1.82, 2.24) is 20.3 Å². The van der Waals surface area contributed by atoms with E-state index in [-0.39, 0.29) is 29.3 Å². The lowest BCUT2D eigenvalue weighted by atomic mass is 10.1. The monoisotopic (exact) mass is 469 g/mol. The molecule has 0 aliphatic heterocycles. The second kappa shape index (κ2) is 9.80. The molecule has 2 heterocycles. The molecule has 1 aromatic carbocycles. The summed E-state index contributed by atoms with van der Waals surface area (Å²) in [4.78, 5) is 25.9. The Hall–Kier alpha value is -3.10. The zero-order valence-electron chi connectivity index (χ0n) is 18.3. The molecule has 4 rings (SSSR count). The Morgan fingerprint density at radius 1 is 1.24 bits per heavy atom. The number of anilines is 2. The molecule has 1 aliphatic carbocycles. The van der Waals surface area contributed by atoms with Gasteiger partial charge in [-0.1, -0.05) is 25.4 Å². The lowest BCUT2D eigenvalue weighted by Gasteiger charge is -2.19. The summed E-state index contributed by atoms with van der Waals surface area (Å²) < 4.78 is 14.4. The molecule has 0 unspecified atom stereocenters. The number of amides is 1. The third-order valence-corrected chi connectivity index (χ3v) is 5.96. The summed E-state index contributed by atoms with van der Waals surface area (Å²) in [7, 11) is 0. The number of carbonyl (C=O) groups excluding carboxylic acids is 1. The Kier molecular flexibility index (Phi) is 6.85. The predicted molar refractivity (Wildman–Crippen MR) is 125 cm³/mol. The number of aromatic nitrogens is 3. The smallest absolute Gasteiger partial charge is 0.255 e. The summed E-state index contributed by atoms with van der Waals surface area (Å²) >= 11 is 6.05. The van der Waals surface area contributed by atoms with Gasteiger partial charge in [-0.25, -0.2) is 14.4 Å². The number of aliphatic hydroxyl groups is 1. The van der Waals surface area contributed by atoms with Crippen molar-refractivity contribution < 1.29 is 14.3 Å². The number of halogens is 2. The molecule has 3 N–H and O–H groups in total. The van der Waals surface area contributed by atoms with Crippen molar-refractivity contribution >= 4 is 29.0 Å². The number of aliphatic hydroxyl groups excluding tert-OH is 1. The van der Waals surface area contributed by atoms with E-state index in [2.05, 4.69) is 25.6 Å². The number of benzene rings is 1. The summed E-state index contributed by atoms with van der Waals surface area (Å²) in [5, 5.41) is 16.5. The first-order valence-corrected chi connectivity index (χ1v) is 11.2. The van der Waals surface area contributed by atoms with E-state index in [4.69, 9.17) is 11.6 Å². The predicted octanol–water partition coefficient (Wildman–Crippen LogP) is 4.84. The van der Waals surface area contributed by atoms with Gasteiger partial charge >= 0.3 is 0 Å². The van der Waals surface area contributed by atoms with Gasteiger partial charge < -0.3 is 15.7 Å². The number of carbonyl (C=O) groups is 1. The van der Waals surface area contributed by atoms with Crippen LogP contribution in [-0.4, -0.2) is 38.1 Å². The zero-order valence-corrected chi connectivity index (χ0v) is 19.1. The maximum Gasteiger partial charge on any atom is 0.255 e. The second-order valence-corrected chi connectivity index (χ2v) is 8.84. The summed E-state index contributed by atoms with van der Waals surface area (Å²) in [6.07, 6.45) is 6.39. The molecule has 0 spiro atoms. The van der Waals surface area contributed by atoms with Crippen molar-refractivity contribution in [3.05, 3.63) is 64.8 Å². The van der Waals surface area contributed by atoms with Gasteiger partial charge in [-0.3, -0.25) is 9.78 Å². The maximum atomic E-state index is 14.4. The number of rotatable bonds is 6. The Bertz CT molecular complexity index is 1170. The van der Waals surface area contributed by atoms with E-state index in [1.165, 1.54) is 24.4 Å². The molecular weight excluding hydrogens is 445 g/mol. The Labute approximate surface area is 196 Å². The van der Waals surface area contributed by atoms with Gasteiger partial charge in [0.15, 0.2) is 5.82 Å². The average Bonchev–Trinajstić information content (AvgIpc) is 3.19. The highest BCUT2D eigenvalue weighted by atomic mass is 35.5. The van der Waals surface area contributed by atoms with Crippen LogP contribution >= 0.6 is 11.6 Å². The molecule has 9 heteroatoms. The molecule has 0 saturated heterocycles. The first-order chi connectivity index (χ1) is 15.8. The van der Waals surface area contributed by atoms with Crippen molar-refractivity contribution in [3.8, 4) is 11.4 Å². The van der Waals surface area contributed by atoms with E-state index in [0.717, 1.165) is 18.4 Å². The third-order valence-electron chi connectivity index (χ3n) is 5.72. The van der Waals surface area contributed by atoms with Crippen LogP contribution in [-0.2, 0) is 0 Å². The van der Waals surface area contributed by atoms with Crippen molar-refractivity contribution in [2.45, 2.75) is 51.2 Å². The summed E-state index contributed by atoms with van der Waals surface area (Å²) in [6.45, 7) is 3.98. The fraction of sp³-hybridized carbons (Fsp3) is 0.333. The maximum absolute atomic E-state index is 14.4. The minimum Gasteiger partial charge on any atom is -0.391 e. The van der Waals surface area contributed by atoms with Gasteiger partial charge in [0.1, 0.15) is 11.6 Å². The van der Waals surface area contributed by atoms with Crippen LogP contribution in [0, 0.1) is 5.82 Å². The van der Waals surface area contributed by atoms with E-state index in [1.807, 2.05) is 13.8 Å². The Morgan fingerprint density at radius 2 is 2.06 bits per heavy atom. The van der Waals surface area contributed by atoms with Crippen LogP contribution in [0.5, 0.6) is 0 Å².